The van der Waals surface area contributed by atoms with Crippen molar-refractivity contribution in [3.63, 3.8) is 0 Å². The van der Waals surface area contributed by atoms with Gasteiger partial charge < -0.3 is 5.32 Å². The molecule has 0 spiro atoms. The van der Waals surface area contributed by atoms with Crippen LogP contribution in [0.1, 0.15) is 25.8 Å². The van der Waals surface area contributed by atoms with Crippen LogP contribution in [-0.4, -0.2) is 17.0 Å². The van der Waals surface area contributed by atoms with Gasteiger partial charge in [-0.1, -0.05) is 25.4 Å². The lowest BCUT2D eigenvalue weighted by Crippen LogP contribution is -2.05. The highest BCUT2D eigenvalue weighted by molar-refractivity contribution is 7.83. The maximum atomic E-state index is 11.2. The molecule has 0 aliphatic heterocycles. The Balaban J connectivity index is 2.64. The Bertz CT molecular complexity index is 393. The summed E-state index contributed by atoms with van der Waals surface area (Å²) in [5.74, 6) is 1.20. The molecular formula is C13H20ClNOS. The van der Waals surface area contributed by atoms with Gasteiger partial charge in [-0.3, -0.25) is 4.21 Å². The zero-order chi connectivity index (χ0) is 12.8. The van der Waals surface area contributed by atoms with Gasteiger partial charge in [0.1, 0.15) is 0 Å². The highest BCUT2D eigenvalue weighted by Gasteiger charge is 2.04. The van der Waals surface area contributed by atoms with E-state index in [0.29, 0.717) is 16.7 Å². The standard InChI is InChI=1S/C13H20ClNOS/c1-10(2)6-7-15-12-4-5-13(14)11(8-12)9-17(3)16/h4-5,8,10,15H,6-7,9H2,1-3H3/t17-/m0/s1. The van der Waals surface area contributed by atoms with Gasteiger partial charge in [-0.15, -0.1) is 0 Å². The highest BCUT2D eigenvalue weighted by atomic mass is 35.5. The fourth-order valence-electron chi connectivity index (χ4n) is 1.52. The Hall–Kier alpha value is -0.540. The first-order valence-electron chi connectivity index (χ1n) is 5.81. The van der Waals surface area contributed by atoms with Crippen molar-refractivity contribution in [1.29, 1.82) is 0 Å². The zero-order valence-electron chi connectivity index (χ0n) is 10.6. The highest BCUT2D eigenvalue weighted by Crippen LogP contribution is 2.22. The van der Waals surface area contributed by atoms with Gasteiger partial charge in [0.05, 0.1) is 0 Å². The molecule has 4 heteroatoms. The van der Waals surface area contributed by atoms with Crippen molar-refractivity contribution in [2.75, 3.05) is 18.1 Å². The van der Waals surface area contributed by atoms with Crippen LogP contribution in [0, 0.1) is 5.92 Å². The number of hydrogen-bond donors (Lipinski definition) is 1. The molecule has 1 aromatic carbocycles. The summed E-state index contributed by atoms with van der Waals surface area (Å²) in [5.41, 5.74) is 2.00. The maximum Gasteiger partial charge on any atom is 0.0498 e. The van der Waals surface area contributed by atoms with Crippen LogP contribution in [0.3, 0.4) is 0 Å². The van der Waals surface area contributed by atoms with Crippen LogP contribution in [-0.2, 0) is 16.6 Å². The van der Waals surface area contributed by atoms with Crippen molar-refractivity contribution in [2.45, 2.75) is 26.0 Å². The molecule has 0 fully saturated rings. The minimum absolute atomic E-state index is 0.512. The lowest BCUT2D eigenvalue weighted by Gasteiger charge is -2.10. The van der Waals surface area contributed by atoms with Gasteiger partial charge in [0, 0.05) is 40.1 Å². The van der Waals surface area contributed by atoms with Gasteiger partial charge in [-0.05, 0) is 36.1 Å². The molecule has 0 unspecified atom stereocenters. The molecule has 0 saturated carbocycles. The second kappa shape index (κ2) is 7.02. The lowest BCUT2D eigenvalue weighted by molar-refractivity contribution is 0.607. The molecule has 1 N–H and O–H groups in total. The van der Waals surface area contributed by atoms with E-state index in [0.717, 1.165) is 24.2 Å². The smallest absolute Gasteiger partial charge is 0.0498 e. The lowest BCUT2D eigenvalue weighted by atomic mass is 10.1. The average molecular weight is 274 g/mol. The number of rotatable bonds is 6. The van der Waals surface area contributed by atoms with Gasteiger partial charge in [0.2, 0.25) is 0 Å². The van der Waals surface area contributed by atoms with Crippen LogP contribution in [0.4, 0.5) is 5.69 Å². The Morgan fingerprint density at radius 1 is 1.41 bits per heavy atom. The third-order valence-corrected chi connectivity index (χ3v) is 3.54. The van der Waals surface area contributed by atoms with E-state index in [4.69, 9.17) is 11.6 Å². The number of nitrogens with one attached hydrogen (secondary N) is 1. The SMILES string of the molecule is CC(C)CCNc1ccc(Cl)c(C[S@](C)=O)c1. The van der Waals surface area contributed by atoms with Gasteiger partial charge in [-0.2, -0.15) is 0 Å². The van der Waals surface area contributed by atoms with Crippen molar-refractivity contribution < 1.29 is 4.21 Å². The molecule has 1 rings (SSSR count). The Morgan fingerprint density at radius 3 is 2.71 bits per heavy atom. The van der Waals surface area contributed by atoms with E-state index in [1.807, 2.05) is 18.2 Å². The topological polar surface area (TPSA) is 29.1 Å². The van der Waals surface area contributed by atoms with Crippen LogP contribution in [0.2, 0.25) is 5.02 Å². The van der Waals surface area contributed by atoms with E-state index < -0.39 is 10.8 Å². The number of anilines is 1. The summed E-state index contributed by atoms with van der Waals surface area (Å²) < 4.78 is 11.2. The molecular weight excluding hydrogens is 254 g/mol. The van der Waals surface area contributed by atoms with Gasteiger partial charge in [0.25, 0.3) is 0 Å². The first-order chi connectivity index (χ1) is 7.99. The summed E-state index contributed by atoms with van der Waals surface area (Å²) in [6.45, 7) is 5.36. The van der Waals surface area contributed by atoms with E-state index in [1.165, 1.54) is 0 Å². The molecule has 96 valence electrons. The summed E-state index contributed by atoms with van der Waals surface area (Å²) in [4.78, 5) is 0. The molecule has 2 nitrogen and oxygen atoms in total. The molecule has 0 aliphatic rings. The summed E-state index contributed by atoms with van der Waals surface area (Å²) in [5, 5.41) is 4.05. The van der Waals surface area contributed by atoms with Gasteiger partial charge in [-0.25, -0.2) is 0 Å². The molecule has 0 saturated heterocycles. The second-order valence-electron chi connectivity index (χ2n) is 4.63. The predicted octanol–water partition coefficient (Wildman–Crippen LogP) is 3.68. The molecule has 0 heterocycles. The molecule has 0 amide bonds. The third kappa shape index (κ3) is 5.55. The number of hydrogen-bond acceptors (Lipinski definition) is 2. The summed E-state index contributed by atoms with van der Waals surface area (Å²) in [6, 6.07) is 5.82. The molecule has 0 aliphatic carbocycles. The monoisotopic (exact) mass is 273 g/mol. The Labute approximate surface area is 111 Å². The largest absolute Gasteiger partial charge is 0.385 e. The number of halogens is 1. The van der Waals surface area contributed by atoms with E-state index in [-0.39, 0.29) is 0 Å². The normalized spacial score (nSPS) is 12.8. The zero-order valence-corrected chi connectivity index (χ0v) is 12.2. The summed E-state index contributed by atoms with van der Waals surface area (Å²) in [6.07, 6.45) is 2.83. The van der Waals surface area contributed by atoms with Crippen LogP contribution in [0.5, 0.6) is 0 Å². The predicted molar refractivity (Wildman–Crippen MR) is 77.2 cm³/mol. The van der Waals surface area contributed by atoms with E-state index >= 15 is 0 Å². The fraction of sp³-hybridized carbons (Fsp3) is 0.538. The molecule has 1 atom stereocenters. The van der Waals surface area contributed by atoms with Crippen LogP contribution in [0.25, 0.3) is 0 Å². The maximum absolute atomic E-state index is 11.2. The molecule has 0 aromatic heterocycles. The summed E-state index contributed by atoms with van der Waals surface area (Å²) in [7, 11) is -0.860. The first kappa shape index (κ1) is 14.5. The minimum atomic E-state index is -0.860. The Kier molecular flexibility index (Phi) is 6.00. The van der Waals surface area contributed by atoms with Gasteiger partial charge in [0.15, 0.2) is 0 Å². The third-order valence-electron chi connectivity index (χ3n) is 2.46. The molecule has 17 heavy (non-hydrogen) atoms. The van der Waals surface area contributed by atoms with E-state index in [1.54, 1.807) is 6.26 Å². The van der Waals surface area contributed by atoms with E-state index in [9.17, 15) is 4.21 Å². The Morgan fingerprint density at radius 2 is 2.12 bits per heavy atom. The molecule has 0 bridgehead atoms. The quantitative estimate of drug-likeness (QED) is 0.857. The van der Waals surface area contributed by atoms with Crippen molar-refractivity contribution in [3.8, 4) is 0 Å². The van der Waals surface area contributed by atoms with E-state index in [2.05, 4.69) is 19.2 Å². The summed E-state index contributed by atoms with van der Waals surface area (Å²) >= 11 is 6.06. The second-order valence-corrected chi connectivity index (χ2v) is 6.48. The van der Waals surface area contributed by atoms with Crippen molar-refractivity contribution in [1.82, 2.24) is 0 Å². The van der Waals surface area contributed by atoms with Crippen molar-refractivity contribution in [3.05, 3.63) is 28.8 Å². The van der Waals surface area contributed by atoms with Crippen LogP contribution >= 0.6 is 11.6 Å². The molecule has 1 aromatic rings. The van der Waals surface area contributed by atoms with Crippen molar-refractivity contribution in [2.24, 2.45) is 5.92 Å². The van der Waals surface area contributed by atoms with Crippen molar-refractivity contribution >= 4 is 28.1 Å². The van der Waals surface area contributed by atoms with Crippen LogP contribution in [0.15, 0.2) is 18.2 Å². The first-order valence-corrected chi connectivity index (χ1v) is 7.92. The van der Waals surface area contributed by atoms with Crippen LogP contribution < -0.4 is 5.32 Å². The minimum Gasteiger partial charge on any atom is -0.385 e. The molecule has 0 radical (unpaired) electrons. The fourth-order valence-corrected chi connectivity index (χ4v) is 2.46. The van der Waals surface area contributed by atoms with Gasteiger partial charge >= 0.3 is 0 Å². The average Bonchev–Trinajstić information content (AvgIpc) is 2.21. The number of benzene rings is 1.